The summed E-state index contributed by atoms with van der Waals surface area (Å²) in [5, 5.41) is 0. The van der Waals surface area contributed by atoms with E-state index in [2.05, 4.69) is 31.9 Å². The van der Waals surface area contributed by atoms with Gasteiger partial charge in [0.25, 0.3) is 0 Å². The van der Waals surface area contributed by atoms with Crippen molar-refractivity contribution in [1.82, 2.24) is 0 Å². The van der Waals surface area contributed by atoms with Crippen molar-refractivity contribution in [2.45, 2.75) is 4.83 Å². The third kappa shape index (κ3) is 3.19. The first-order valence-electron chi connectivity index (χ1n) is 6.31. The van der Waals surface area contributed by atoms with Gasteiger partial charge in [0.1, 0.15) is 21.7 Å². The quantitative estimate of drug-likeness (QED) is 0.646. The van der Waals surface area contributed by atoms with Gasteiger partial charge in [0.2, 0.25) is 0 Å². The molecule has 3 nitrogen and oxygen atoms in total. The first-order chi connectivity index (χ1) is 10.1. The second kappa shape index (κ2) is 7.18. The molecule has 112 valence electrons. The average molecular weight is 416 g/mol. The molecule has 0 aliphatic heterocycles. The van der Waals surface area contributed by atoms with E-state index in [0.717, 1.165) is 32.8 Å². The molecule has 0 heterocycles. The van der Waals surface area contributed by atoms with Crippen molar-refractivity contribution in [1.29, 1.82) is 0 Å². The Hall–Kier alpha value is -1.20. The standard InChI is InChI=1S/C16H16Br2O3/c1-19-12-7-5-4-6-10(12)14(17)11-8-9-13(20-2)15(18)16(11)21-3/h4-9,14H,1-3H3. The molecule has 21 heavy (non-hydrogen) atoms. The van der Waals surface area contributed by atoms with E-state index in [-0.39, 0.29) is 4.83 Å². The van der Waals surface area contributed by atoms with Gasteiger partial charge >= 0.3 is 0 Å². The number of ether oxygens (including phenoxy) is 3. The predicted molar refractivity (Wildman–Crippen MR) is 91.0 cm³/mol. The SMILES string of the molecule is COc1ccccc1C(Br)c1ccc(OC)c(Br)c1OC. The summed E-state index contributed by atoms with van der Waals surface area (Å²) in [6.45, 7) is 0. The molecule has 2 aromatic carbocycles. The number of benzene rings is 2. The molecule has 0 bridgehead atoms. The van der Waals surface area contributed by atoms with Gasteiger partial charge in [-0.15, -0.1) is 0 Å². The van der Waals surface area contributed by atoms with Gasteiger partial charge in [0.15, 0.2) is 0 Å². The Labute approximate surface area is 141 Å². The van der Waals surface area contributed by atoms with Gasteiger partial charge < -0.3 is 14.2 Å². The van der Waals surface area contributed by atoms with E-state index in [4.69, 9.17) is 14.2 Å². The maximum atomic E-state index is 5.54. The zero-order valence-electron chi connectivity index (χ0n) is 12.0. The Balaban J connectivity index is 2.53. The van der Waals surface area contributed by atoms with E-state index in [1.165, 1.54) is 0 Å². The van der Waals surface area contributed by atoms with Gasteiger partial charge in [-0.3, -0.25) is 0 Å². The fourth-order valence-corrected chi connectivity index (χ4v) is 3.58. The molecule has 2 aromatic rings. The van der Waals surface area contributed by atoms with Crippen molar-refractivity contribution in [2.75, 3.05) is 21.3 Å². The minimum atomic E-state index is -0.0502. The topological polar surface area (TPSA) is 27.7 Å². The zero-order valence-corrected chi connectivity index (χ0v) is 15.2. The largest absolute Gasteiger partial charge is 0.496 e. The fraction of sp³-hybridized carbons (Fsp3) is 0.250. The zero-order chi connectivity index (χ0) is 15.4. The highest BCUT2D eigenvalue weighted by molar-refractivity contribution is 9.10. The van der Waals surface area contributed by atoms with E-state index in [1.807, 2.05) is 36.4 Å². The molecule has 0 aromatic heterocycles. The summed E-state index contributed by atoms with van der Waals surface area (Å²) >= 11 is 7.26. The molecule has 0 spiro atoms. The number of rotatable bonds is 5. The van der Waals surface area contributed by atoms with Crippen LogP contribution in [0, 0.1) is 0 Å². The van der Waals surface area contributed by atoms with E-state index in [9.17, 15) is 0 Å². The minimum absolute atomic E-state index is 0.0502. The van der Waals surface area contributed by atoms with Gasteiger partial charge in [-0.05, 0) is 28.1 Å². The third-order valence-corrected chi connectivity index (χ3v) is 4.94. The van der Waals surface area contributed by atoms with Crippen molar-refractivity contribution in [2.24, 2.45) is 0 Å². The summed E-state index contributed by atoms with van der Waals surface area (Å²) in [5.41, 5.74) is 2.03. The van der Waals surface area contributed by atoms with E-state index >= 15 is 0 Å². The maximum Gasteiger partial charge on any atom is 0.141 e. The summed E-state index contributed by atoms with van der Waals surface area (Å²) in [5.74, 6) is 2.30. The fourth-order valence-electron chi connectivity index (χ4n) is 2.16. The summed E-state index contributed by atoms with van der Waals surface area (Å²) in [7, 11) is 4.94. The van der Waals surface area contributed by atoms with Crippen LogP contribution in [-0.4, -0.2) is 21.3 Å². The summed E-state index contributed by atoms with van der Waals surface area (Å²) < 4.78 is 17.1. The molecule has 0 aliphatic rings. The van der Waals surface area contributed by atoms with E-state index in [0.29, 0.717) is 0 Å². The Bertz CT molecular complexity index is 629. The Kier molecular flexibility index (Phi) is 5.53. The van der Waals surface area contributed by atoms with Crippen LogP contribution in [0.25, 0.3) is 0 Å². The number of hydrogen-bond donors (Lipinski definition) is 0. The lowest BCUT2D eigenvalue weighted by molar-refractivity contribution is 0.386. The van der Waals surface area contributed by atoms with Crippen molar-refractivity contribution >= 4 is 31.9 Å². The molecule has 2 rings (SSSR count). The molecule has 0 fully saturated rings. The Morgan fingerprint density at radius 2 is 1.48 bits per heavy atom. The predicted octanol–water partition coefficient (Wildman–Crippen LogP) is 4.96. The van der Waals surface area contributed by atoms with Crippen LogP contribution in [0.1, 0.15) is 16.0 Å². The first-order valence-corrected chi connectivity index (χ1v) is 8.02. The number of hydrogen-bond acceptors (Lipinski definition) is 3. The third-order valence-electron chi connectivity index (χ3n) is 3.20. The number of halogens is 2. The second-order valence-corrected chi connectivity index (χ2v) is 6.02. The highest BCUT2D eigenvalue weighted by Crippen LogP contribution is 2.45. The Morgan fingerprint density at radius 3 is 2.10 bits per heavy atom. The van der Waals surface area contributed by atoms with Crippen LogP contribution in [0.3, 0.4) is 0 Å². The molecule has 1 atom stereocenters. The molecular formula is C16H16Br2O3. The van der Waals surface area contributed by atoms with Crippen LogP contribution in [0.5, 0.6) is 17.2 Å². The molecule has 1 unspecified atom stereocenters. The molecular weight excluding hydrogens is 400 g/mol. The minimum Gasteiger partial charge on any atom is -0.496 e. The number of alkyl halides is 1. The van der Waals surface area contributed by atoms with E-state index < -0.39 is 0 Å². The number of para-hydroxylation sites is 1. The van der Waals surface area contributed by atoms with Gasteiger partial charge in [-0.25, -0.2) is 0 Å². The average Bonchev–Trinajstić information content (AvgIpc) is 2.53. The van der Waals surface area contributed by atoms with Crippen LogP contribution >= 0.6 is 31.9 Å². The lowest BCUT2D eigenvalue weighted by atomic mass is 10.0. The molecule has 0 saturated carbocycles. The highest BCUT2D eigenvalue weighted by Gasteiger charge is 2.22. The summed E-state index contributed by atoms with van der Waals surface area (Å²) in [4.78, 5) is -0.0502. The van der Waals surface area contributed by atoms with Gasteiger partial charge in [-0.1, -0.05) is 40.2 Å². The van der Waals surface area contributed by atoms with Crippen molar-refractivity contribution in [3.63, 3.8) is 0 Å². The smallest absolute Gasteiger partial charge is 0.141 e. The van der Waals surface area contributed by atoms with Crippen molar-refractivity contribution in [3.05, 3.63) is 52.0 Å². The van der Waals surface area contributed by atoms with Crippen LogP contribution in [0.4, 0.5) is 0 Å². The van der Waals surface area contributed by atoms with Crippen LogP contribution < -0.4 is 14.2 Å². The number of methoxy groups -OCH3 is 3. The lowest BCUT2D eigenvalue weighted by Gasteiger charge is -2.19. The second-order valence-electron chi connectivity index (χ2n) is 4.31. The van der Waals surface area contributed by atoms with Crippen LogP contribution in [0.2, 0.25) is 0 Å². The molecule has 0 N–H and O–H groups in total. The molecule has 0 radical (unpaired) electrons. The highest BCUT2D eigenvalue weighted by atomic mass is 79.9. The molecule has 0 amide bonds. The van der Waals surface area contributed by atoms with E-state index in [1.54, 1.807) is 21.3 Å². The monoisotopic (exact) mass is 414 g/mol. The lowest BCUT2D eigenvalue weighted by Crippen LogP contribution is -2.01. The van der Waals surface area contributed by atoms with Crippen LogP contribution in [0.15, 0.2) is 40.9 Å². The maximum absolute atomic E-state index is 5.54. The molecule has 5 heteroatoms. The molecule has 0 aliphatic carbocycles. The van der Waals surface area contributed by atoms with Gasteiger partial charge in [0, 0.05) is 11.1 Å². The Morgan fingerprint density at radius 1 is 0.810 bits per heavy atom. The summed E-state index contributed by atoms with van der Waals surface area (Å²) in [6, 6.07) is 11.8. The van der Waals surface area contributed by atoms with Crippen molar-refractivity contribution < 1.29 is 14.2 Å². The first kappa shape index (κ1) is 16.2. The van der Waals surface area contributed by atoms with Crippen LogP contribution in [-0.2, 0) is 0 Å². The van der Waals surface area contributed by atoms with Gasteiger partial charge in [0.05, 0.1) is 26.2 Å². The van der Waals surface area contributed by atoms with Gasteiger partial charge in [-0.2, -0.15) is 0 Å². The normalized spacial score (nSPS) is 11.9. The summed E-state index contributed by atoms with van der Waals surface area (Å²) in [6.07, 6.45) is 0. The molecule has 0 saturated heterocycles. The van der Waals surface area contributed by atoms with Crippen molar-refractivity contribution in [3.8, 4) is 17.2 Å².